The van der Waals surface area contributed by atoms with E-state index in [0.717, 1.165) is 13.0 Å². The van der Waals surface area contributed by atoms with Crippen LogP contribution in [-0.4, -0.2) is 45.0 Å². The number of nitrogens with zero attached hydrogens (tertiary/aromatic N) is 3. The molecule has 1 N–H and O–H groups in total. The van der Waals surface area contributed by atoms with Gasteiger partial charge < -0.3 is 14.6 Å². The number of aryl methyl sites for hydroxylation is 1. The van der Waals surface area contributed by atoms with Crippen molar-refractivity contribution in [3.63, 3.8) is 0 Å². The van der Waals surface area contributed by atoms with Crippen molar-refractivity contribution in [2.45, 2.75) is 13.0 Å². The van der Waals surface area contributed by atoms with Crippen LogP contribution >= 0.6 is 0 Å². The zero-order valence-electron chi connectivity index (χ0n) is 11.8. The number of rotatable bonds is 6. The summed E-state index contributed by atoms with van der Waals surface area (Å²) in [4.78, 5) is 28.7. The lowest BCUT2D eigenvalue weighted by molar-refractivity contribution is 0.0697. The Bertz CT molecular complexity index is 623. The van der Waals surface area contributed by atoms with Crippen molar-refractivity contribution in [3.05, 3.63) is 54.1 Å². The van der Waals surface area contributed by atoms with Gasteiger partial charge in [-0.1, -0.05) is 6.07 Å². The van der Waals surface area contributed by atoms with Crippen molar-refractivity contribution in [2.75, 3.05) is 13.6 Å². The number of hydrogen-bond donors (Lipinski definition) is 1. The first-order valence-electron chi connectivity index (χ1n) is 6.62. The Labute approximate surface area is 122 Å². The average molecular weight is 287 g/mol. The molecule has 0 radical (unpaired) electrons. The monoisotopic (exact) mass is 287 g/mol. The Kier molecular flexibility index (Phi) is 4.71. The second-order valence-electron chi connectivity index (χ2n) is 4.77. The Morgan fingerprint density at radius 1 is 1.33 bits per heavy atom. The Morgan fingerprint density at radius 3 is 2.76 bits per heavy atom. The third kappa shape index (κ3) is 3.92. The summed E-state index contributed by atoms with van der Waals surface area (Å²) in [5.74, 6) is -1.21. The Balaban J connectivity index is 1.92. The van der Waals surface area contributed by atoms with Crippen LogP contribution in [-0.2, 0) is 6.54 Å². The number of imidazole rings is 1. The van der Waals surface area contributed by atoms with Crippen LogP contribution in [0.5, 0.6) is 0 Å². The van der Waals surface area contributed by atoms with Gasteiger partial charge in [0.05, 0.1) is 11.9 Å². The van der Waals surface area contributed by atoms with Crippen LogP contribution in [0.1, 0.15) is 27.1 Å². The highest BCUT2D eigenvalue weighted by Gasteiger charge is 2.13. The third-order valence-electron chi connectivity index (χ3n) is 3.17. The molecule has 0 aliphatic carbocycles. The summed E-state index contributed by atoms with van der Waals surface area (Å²) in [7, 11) is 1.71. The van der Waals surface area contributed by atoms with E-state index in [1.54, 1.807) is 36.6 Å². The van der Waals surface area contributed by atoms with Crippen LogP contribution < -0.4 is 0 Å². The van der Waals surface area contributed by atoms with E-state index in [9.17, 15) is 9.59 Å². The maximum Gasteiger partial charge on any atom is 0.335 e. The fraction of sp³-hybridized carbons (Fsp3) is 0.267. The zero-order valence-corrected chi connectivity index (χ0v) is 11.8. The number of carbonyl (C=O) groups is 2. The van der Waals surface area contributed by atoms with E-state index in [1.807, 2.05) is 10.8 Å². The predicted molar refractivity (Wildman–Crippen MR) is 77.2 cm³/mol. The number of aromatic nitrogens is 2. The Hall–Kier alpha value is -2.63. The smallest absolute Gasteiger partial charge is 0.335 e. The molecule has 0 fully saturated rings. The van der Waals surface area contributed by atoms with Gasteiger partial charge in [0.25, 0.3) is 5.91 Å². The summed E-state index contributed by atoms with van der Waals surface area (Å²) in [5, 5.41) is 8.94. The standard InChI is InChI=1S/C15H17N3O3/c1-17(7-3-8-18-9-6-16-11-18)14(19)12-4-2-5-13(10-12)15(20)21/h2,4-6,9-11H,3,7-8H2,1H3,(H,20,21). The number of amides is 1. The van der Waals surface area contributed by atoms with Crippen LogP contribution in [0.3, 0.4) is 0 Å². The minimum absolute atomic E-state index is 0.118. The van der Waals surface area contributed by atoms with Crippen LogP contribution in [0, 0.1) is 0 Å². The second kappa shape index (κ2) is 6.69. The van der Waals surface area contributed by atoms with Gasteiger partial charge in [-0.15, -0.1) is 0 Å². The molecule has 21 heavy (non-hydrogen) atoms. The molecule has 1 amide bonds. The second-order valence-corrected chi connectivity index (χ2v) is 4.77. The van der Waals surface area contributed by atoms with Gasteiger partial charge in [-0.2, -0.15) is 0 Å². The molecule has 0 saturated carbocycles. The van der Waals surface area contributed by atoms with Gasteiger partial charge >= 0.3 is 5.97 Å². The number of carbonyl (C=O) groups excluding carboxylic acids is 1. The lowest BCUT2D eigenvalue weighted by Crippen LogP contribution is -2.28. The summed E-state index contributed by atoms with van der Waals surface area (Å²) in [6.45, 7) is 1.38. The molecule has 0 bridgehead atoms. The minimum Gasteiger partial charge on any atom is -0.478 e. The van der Waals surface area contributed by atoms with Crippen LogP contribution in [0.25, 0.3) is 0 Å². The van der Waals surface area contributed by atoms with Crippen molar-refractivity contribution in [2.24, 2.45) is 0 Å². The molecule has 110 valence electrons. The lowest BCUT2D eigenvalue weighted by atomic mass is 10.1. The number of hydrogen-bond acceptors (Lipinski definition) is 3. The molecule has 1 aromatic heterocycles. The first-order chi connectivity index (χ1) is 10.1. The molecule has 6 nitrogen and oxygen atoms in total. The summed E-state index contributed by atoms with van der Waals surface area (Å²) >= 11 is 0. The SMILES string of the molecule is CN(CCCn1ccnc1)C(=O)c1cccc(C(=O)O)c1. The summed E-state index contributed by atoms with van der Waals surface area (Å²) in [5.41, 5.74) is 0.507. The van der Waals surface area contributed by atoms with E-state index in [1.165, 1.54) is 12.1 Å². The van der Waals surface area contributed by atoms with Gasteiger partial charge in [0.2, 0.25) is 0 Å². The molecule has 6 heteroatoms. The molecule has 0 aliphatic heterocycles. The molecule has 1 aromatic carbocycles. The van der Waals surface area contributed by atoms with Gasteiger partial charge in [0.1, 0.15) is 0 Å². The zero-order chi connectivity index (χ0) is 15.2. The summed E-state index contributed by atoms with van der Waals surface area (Å²) < 4.78 is 1.95. The molecule has 0 spiro atoms. The molecule has 2 aromatic rings. The quantitative estimate of drug-likeness (QED) is 0.878. The van der Waals surface area contributed by atoms with Crippen molar-refractivity contribution in [1.82, 2.24) is 14.5 Å². The van der Waals surface area contributed by atoms with Gasteiger partial charge in [0, 0.05) is 38.1 Å². The van der Waals surface area contributed by atoms with E-state index >= 15 is 0 Å². The first kappa shape index (κ1) is 14.8. The summed E-state index contributed by atoms with van der Waals surface area (Å²) in [6.07, 6.45) is 6.12. The van der Waals surface area contributed by atoms with Gasteiger partial charge in [-0.25, -0.2) is 9.78 Å². The maximum absolute atomic E-state index is 12.2. The van der Waals surface area contributed by atoms with Crippen LogP contribution in [0.15, 0.2) is 43.0 Å². The van der Waals surface area contributed by atoms with E-state index in [4.69, 9.17) is 5.11 Å². The van der Waals surface area contributed by atoms with E-state index in [-0.39, 0.29) is 11.5 Å². The molecule has 0 saturated heterocycles. The van der Waals surface area contributed by atoms with Crippen molar-refractivity contribution >= 4 is 11.9 Å². The highest BCUT2D eigenvalue weighted by atomic mass is 16.4. The Morgan fingerprint density at radius 2 is 2.10 bits per heavy atom. The predicted octanol–water partition coefficient (Wildman–Crippen LogP) is 1.74. The molecule has 1 heterocycles. The number of carboxylic acid groups (broad SMARTS) is 1. The van der Waals surface area contributed by atoms with Gasteiger partial charge in [0.15, 0.2) is 0 Å². The normalized spacial score (nSPS) is 10.3. The van der Waals surface area contributed by atoms with E-state index in [0.29, 0.717) is 12.1 Å². The highest BCUT2D eigenvalue weighted by molar-refractivity contribution is 5.97. The molecule has 0 unspecified atom stereocenters. The topological polar surface area (TPSA) is 75.4 Å². The highest BCUT2D eigenvalue weighted by Crippen LogP contribution is 2.08. The molecule has 0 atom stereocenters. The minimum atomic E-state index is -1.03. The van der Waals surface area contributed by atoms with Crippen LogP contribution in [0.4, 0.5) is 0 Å². The lowest BCUT2D eigenvalue weighted by Gasteiger charge is -2.17. The van der Waals surface area contributed by atoms with Gasteiger partial charge in [-0.05, 0) is 24.6 Å². The summed E-state index contributed by atoms with van der Waals surface area (Å²) in [6, 6.07) is 6.08. The first-order valence-corrected chi connectivity index (χ1v) is 6.62. The average Bonchev–Trinajstić information content (AvgIpc) is 2.99. The molecular weight excluding hydrogens is 270 g/mol. The fourth-order valence-electron chi connectivity index (χ4n) is 2.02. The van der Waals surface area contributed by atoms with Gasteiger partial charge in [-0.3, -0.25) is 4.79 Å². The van der Waals surface area contributed by atoms with Crippen molar-refractivity contribution in [1.29, 1.82) is 0 Å². The largest absolute Gasteiger partial charge is 0.478 e. The maximum atomic E-state index is 12.2. The number of aromatic carboxylic acids is 1. The van der Waals surface area contributed by atoms with E-state index in [2.05, 4.69) is 4.98 Å². The number of benzene rings is 1. The van der Waals surface area contributed by atoms with Crippen molar-refractivity contribution < 1.29 is 14.7 Å². The molecular formula is C15H17N3O3. The molecule has 0 aliphatic rings. The van der Waals surface area contributed by atoms with Crippen LogP contribution in [0.2, 0.25) is 0 Å². The van der Waals surface area contributed by atoms with E-state index < -0.39 is 5.97 Å². The molecule has 2 rings (SSSR count). The fourth-order valence-corrected chi connectivity index (χ4v) is 2.02. The number of carboxylic acids is 1. The van der Waals surface area contributed by atoms with Crippen molar-refractivity contribution in [3.8, 4) is 0 Å². The third-order valence-corrected chi connectivity index (χ3v) is 3.17.